The lowest BCUT2D eigenvalue weighted by Gasteiger charge is -2.30. The predicted octanol–water partition coefficient (Wildman–Crippen LogP) is 3.05. The van der Waals surface area contributed by atoms with Crippen LogP contribution in [0.3, 0.4) is 0 Å². The SMILES string of the molecule is CCCc1cc(C(=O)NCC(Cc2ccccc2)N(CC)CC)n[nH]1. The van der Waals surface area contributed by atoms with E-state index in [4.69, 9.17) is 0 Å². The van der Waals surface area contributed by atoms with Crippen molar-refractivity contribution in [2.75, 3.05) is 19.6 Å². The monoisotopic (exact) mass is 342 g/mol. The number of nitrogens with zero attached hydrogens (tertiary/aromatic N) is 2. The number of aromatic amines is 1. The van der Waals surface area contributed by atoms with Crippen LogP contribution in [-0.4, -0.2) is 46.7 Å². The molecule has 2 rings (SSSR count). The molecule has 25 heavy (non-hydrogen) atoms. The molecule has 0 saturated heterocycles. The highest BCUT2D eigenvalue weighted by Crippen LogP contribution is 2.09. The molecule has 1 unspecified atom stereocenters. The lowest BCUT2D eigenvalue weighted by atomic mass is 10.0. The summed E-state index contributed by atoms with van der Waals surface area (Å²) in [6, 6.07) is 12.6. The molecule has 1 atom stereocenters. The van der Waals surface area contributed by atoms with Crippen molar-refractivity contribution in [3.05, 3.63) is 53.3 Å². The number of hydrogen-bond donors (Lipinski definition) is 2. The summed E-state index contributed by atoms with van der Waals surface area (Å²) >= 11 is 0. The number of aryl methyl sites for hydroxylation is 1. The number of nitrogens with one attached hydrogen (secondary N) is 2. The Bertz CT molecular complexity index is 634. The summed E-state index contributed by atoms with van der Waals surface area (Å²) in [5.74, 6) is -0.108. The number of H-pyrrole nitrogens is 1. The van der Waals surface area contributed by atoms with E-state index >= 15 is 0 Å². The fraction of sp³-hybridized carbons (Fsp3) is 0.500. The van der Waals surface area contributed by atoms with Crippen molar-refractivity contribution in [2.45, 2.75) is 46.1 Å². The Morgan fingerprint density at radius 3 is 2.56 bits per heavy atom. The average molecular weight is 342 g/mol. The molecule has 0 aliphatic heterocycles. The molecule has 2 aromatic rings. The number of carbonyl (C=O) groups is 1. The fourth-order valence-corrected chi connectivity index (χ4v) is 3.13. The molecule has 0 fully saturated rings. The smallest absolute Gasteiger partial charge is 0.271 e. The highest BCUT2D eigenvalue weighted by atomic mass is 16.1. The molecule has 136 valence electrons. The lowest BCUT2D eigenvalue weighted by molar-refractivity contribution is 0.0929. The van der Waals surface area contributed by atoms with Crippen molar-refractivity contribution in [3.8, 4) is 0 Å². The van der Waals surface area contributed by atoms with E-state index in [1.807, 2.05) is 12.1 Å². The molecule has 1 heterocycles. The summed E-state index contributed by atoms with van der Waals surface area (Å²) in [7, 11) is 0. The summed E-state index contributed by atoms with van der Waals surface area (Å²) in [5.41, 5.74) is 2.78. The highest BCUT2D eigenvalue weighted by Gasteiger charge is 2.18. The standard InChI is InChI=1S/C20H30N4O/c1-4-10-17-14-19(23-22-17)20(25)21-15-18(24(5-2)6-3)13-16-11-8-7-9-12-16/h7-9,11-12,14,18H,4-6,10,13,15H2,1-3H3,(H,21,25)(H,22,23). The lowest BCUT2D eigenvalue weighted by Crippen LogP contribution is -2.45. The maximum atomic E-state index is 12.4. The van der Waals surface area contributed by atoms with Crippen LogP contribution in [0.2, 0.25) is 0 Å². The molecule has 0 bridgehead atoms. The van der Waals surface area contributed by atoms with Gasteiger partial charge in [-0.05, 0) is 37.6 Å². The van der Waals surface area contributed by atoms with Gasteiger partial charge in [-0.15, -0.1) is 0 Å². The third-order valence-electron chi connectivity index (χ3n) is 4.52. The van der Waals surface area contributed by atoms with Gasteiger partial charge in [-0.1, -0.05) is 57.5 Å². The molecule has 0 spiro atoms. The van der Waals surface area contributed by atoms with Crippen molar-refractivity contribution in [3.63, 3.8) is 0 Å². The van der Waals surface area contributed by atoms with Crippen LogP contribution in [0.5, 0.6) is 0 Å². The van der Waals surface area contributed by atoms with Gasteiger partial charge >= 0.3 is 0 Å². The quantitative estimate of drug-likeness (QED) is 0.698. The third kappa shape index (κ3) is 5.71. The molecule has 1 aromatic carbocycles. The van der Waals surface area contributed by atoms with E-state index < -0.39 is 0 Å². The zero-order valence-corrected chi connectivity index (χ0v) is 15.6. The van der Waals surface area contributed by atoms with Crippen LogP contribution in [-0.2, 0) is 12.8 Å². The minimum atomic E-state index is -0.108. The number of benzene rings is 1. The zero-order valence-electron chi connectivity index (χ0n) is 15.6. The van der Waals surface area contributed by atoms with Crippen molar-refractivity contribution in [1.82, 2.24) is 20.4 Å². The Morgan fingerprint density at radius 2 is 1.92 bits per heavy atom. The number of carbonyl (C=O) groups excluding carboxylic acids is 1. The molecule has 0 aliphatic carbocycles. The topological polar surface area (TPSA) is 61.0 Å². The van der Waals surface area contributed by atoms with E-state index in [0.717, 1.165) is 38.0 Å². The average Bonchev–Trinajstić information content (AvgIpc) is 3.10. The molecule has 0 saturated carbocycles. The van der Waals surface area contributed by atoms with Gasteiger partial charge in [-0.2, -0.15) is 5.10 Å². The van der Waals surface area contributed by atoms with Gasteiger partial charge in [-0.3, -0.25) is 14.8 Å². The van der Waals surface area contributed by atoms with Gasteiger partial charge < -0.3 is 5.32 Å². The second-order valence-corrected chi connectivity index (χ2v) is 6.30. The second-order valence-electron chi connectivity index (χ2n) is 6.30. The van der Waals surface area contributed by atoms with Crippen LogP contribution in [0.15, 0.2) is 36.4 Å². The van der Waals surface area contributed by atoms with Crippen LogP contribution < -0.4 is 5.32 Å². The Balaban J connectivity index is 1.99. The molecular formula is C20H30N4O. The first-order valence-electron chi connectivity index (χ1n) is 9.28. The van der Waals surface area contributed by atoms with E-state index in [2.05, 4.69) is 65.5 Å². The first kappa shape index (κ1) is 19.2. The molecule has 1 amide bonds. The minimum Gasteiger partial charge on any atom is -0.349 e. The summed E-state index contributed by atoms with van der Waals surface area (Å²) < 4.78 is 0. The third-order valence-corrected chi connectivity index (χ3v) is 4.52. The van der Waals surface area contributed by atoms with Crippen molar-refractivity contribution in [2.24, 2.45) is 0 Å². The normalized spacial score (nSPS) is 12.3. The van der Waals surface area contributed by atoms with E-state index in [-0.39, 0.29) is 11.9 Å². The number of aromatic nitrogens is 2. The van der Waals surface area contributed by atoms with Crippen LogP contribution in [0, 0.1) is 0 Å². The first-order valence-corrected chi connectivity index (χ1v) is 9.28. The Labute approximate surface area is 150 Å². The summed E-state index contributed by atoms with van der Waals surface area (Å²) in [6.45, 7) is 8.98. The van der Waals surface area contributed by atoms with Crippen molar-refractivity contribution in [1.29, 1.82) is 0 Å². The van der Waals surface area contributed by atoms with Gasteiger partial charge in [0, 0.05) is 18.3 Å². The van der Waals surface area contributed by atoms with E-state index in [9.17, 15) is 4.79 Å². The van der Waals surface area contributed by atoms with Gasteiger partial charge in [0.15, 0.2) is 0 Å². The molecule has 2 N–H and O–H groups in total. The van der Waals surface area contributed by atoms with Gasteiger partial charge in [0.05, 0.1) is 0 Å². The molecule has 5 heteroatoms. The largest absolute Gasteiger partial charge is 0.349 e. The molecule has 5 nitrogen and oxygen atoms in total. The predicted molar refractivity (Wildman–Crippen MR) is 102 cm³/mol. The van der Waals surface area contributed by atoms with Crippen molar-refractivity contribution < 1.29 is 4.79 Å². The zero-order chi connectivity index (χ0) is 18.1. The highest BCUT2D eigenvalue weighted by molar-refractivity contribution is 5.92. The maximum Gasteiger partial charge on any atom is 0.271 e. The number of likely N-dealkylation sites (N-methyl/N-ethyl adjacent to an activating group) is 1. The number of amides is 1. The second kappa shape index (κ2) is 9.99. The summed E-state index contributed by atoms with van der Waals surface area (Å²) in [6.07, 6.45) is 2.87. The van der Waals surface area contributed by atoms with Gasteiger partial charge in [-0.25, -0.2) is 0 Å². The van der Waals surface area contributed by atoms with Gasteiger partial charge in [0.25, 0.3) is 5.91 Å². The van der Waals surface area contributed by atoms with Crippen LogP contribution >= 0.6 is 0 Å². The van der Waals surface area contributed by atoms with Gasteiger partial charge in [0.2, 0.25) is 0 Å². The van der Waals surface area contributed by atoms with E-state index in [1.165, 1.54) is 5.56 Å². The molecule has 0 aliphatic rings. The van der Waals surface area contributed by atoms with Crippen LogP contribution in [0.1, 0.15) is 48.9 Å². The summed E-state index contributed by atoms with van der Waals surface area (Å²) in [5, 5.41) is 10.1. The minimum absolute atomic E-state index is 0.108. The van der Waals surface area contributed by atoms with Gasteiger partial charge in [0.1, 0.15) is 5.69 Å². The van der Waals surface area contributed by atoms with E-state index in [1.54, 1.807) is 0 Å². The van der Waals surface area contributed by atoms with Crippen LogP contribution in [0.4, 0.5) is 0 Å². The van der Waals surface area contributed by atoms with E-state index in [0.29, 0.717) is 12.2 Å². The van der Waals surface area contributed by atoms with Crippen molar-refractivity contribution >= 4 is 5.91 Å². The molecule has 0 radical (unpaired) electrons. The fourth-order valence-electron chi connectivity index (χ4n) is 3.13. The first-order chi connectivity index (χ1) is 12.2. The molecular weight excluding hydrogens is 312 g/mol. The molecule has 1 aromatic heterocycles. The maximum absolute atomic E-state index is 12.4. The Hall–Kier alpha value is -2.14. The Morgan fingerprint density at radius 1 is 1.20 bits per heavy atom. The summed E-state index contributed by atoms with van der Waals surface area (Å²) in [4.78, 5) is 14.8. The number of hydrogen-bond acceptors (Lipinski definition) is 3. The Kier molecular flexibility index (Phi) is 7.67. The van der Waals surface area contributed by atoms with Crippen LogP contribution in [0.25, 0.3) is 0 Å². The number of rotatable bonds is 10.